The van der Waals surface area contributed by atoms with E-state index in [-0.39, 0.29) is 0 Å². The molecular formula is C10H19FN2O. The summed E-state index contributed by atoms with van der Waals surface area (Å²) in [6, 6.07) is 0.456. The third-order valence-electron chi connectivity index (χ3n) is 3.12. The lowest BCUT2D eigenvalue weighted by molar-refractivity contribution is 0.0716. The number of hydrogen-bond donors (Lipinski definition) is 2. The van der Waals surface area contributed by atoms with Gasteiger partial charge in [0.15, 0.2) is 0 Å². The molecule has 4 heteroatoms. The second-order valence-electron chi connectivity index (χ2n) is 4.35. The van der Waals surface area contributed by atoms with Gasteiger partial charge in [-0.3, -0.25) is 0 Å². The van der Waals surface area contributed by atoms with Crippen LogP contribution >= 0.6 is 0 Å². The zero-order valence-electron chi connectivity index (χ0n) is 8.52. The van der Waals surface area contributed by atoms with E-state index in [2.05, 4.69) is 10.6 Å². The zero-order valence-corrected chi connectivity index (χ0v) is 8.52. The summed E-state index contributed by atoms with van der Waals surface area (Å²) in [7, 11) is 0. The SMILES string of the molecule is FC1(CNC2CCOCC2)CCNC1. The van der Waals surface area contributed by atoms with Crippen molar-refractivity contribution in [1.29, 1.82) is 0 Å². The molecule has 0 saturated carbocycles. The van der Waals surface area contributed by atoms with Crippen LogP contribution in [0.25, 0.3) is 0 Å². The number of halogens is 1. The third kappa shape index (κ3) is 2.65. The highest BCUT2D eigenvalue weighted by Crippen LogP contribution is 2.19. The van der Waals surface area contributed by atoms with E-state index in [0.717, 1.165) is 32.6 Å². The maximum absolute atomic E-state index is 13.9. The molecule has 0 aromatic heterocycles. The molecule has 2 saturated heterocycles. The van der Waals surface area contributed by atoms with Gasteiger partial charge in [0.05, 0.1) is 0 Å². The van der Waals surface area contributed by atoms with Crippen LogP contribution < -0.4 is 10.6 Å². The standard InChI is InChI=1S/C10H19FN2O/c11-10(3-4-12-7-10)8-13-9-1-5-14-6-2-9/h9,12-13H,1-8H2. The van der Waals surface area contributed by atoms with Crippen LogP contribution in [-0.2, 0) is 4.74 Å². The number of rotatable bonds is 3. The van der Waals surface area contributed by atoms with Crippen molar-refractivity contribution in [2.45, 2.75) is 31.0 Å². The first-order valence-electron chi connectivity index (χ1n) is 5.49. The molecule has 2 aliphatic heterocycles. The molecule has 82 valence electrons. The Balaban J connectivity index is 1.70. The van der Waals surface area contributed by atoms with Gasteiger partial charge in [-0.25, -0.2) is 4.39 Å². The first kappa shape index (κ1) is 10.3. The predicted molar refractivity (Wildman–Crippen MR) is 53.2 cm³/mol. The molecule has 1 unspecified atom stereocenters. The van der Waals surface area contributed by atoms with E-state index in [4.69, 9.17) is 4.74 Å². The first-order chi connectivity index (χ1) is 6.79. The van der Waals surface area contributed by atoms with Crippen molar-refractivity contribution >= 4 is 0 Å². The van der Waals surface area contributed by atoms with Gasteiger partial charge in [0.1, 0.15) is 5.67 Å². The lowest BCUT2D eigenvalue weighted by Crippen LogP contribution is -2.44. The Morgan fingerprint density at radius 1 is 1.43 bits per heavy atom. The Kier molecular flexibility index (Phi) is 3.36. The molecular weight excluding hydrogens is 183 g/mol. The van der Waals surface area contributed by atoms with Gasteiger partial charge < -0.3 is 15.4 Å². The molecule has 2 fully saturated rings. The predicted octanol–water partition coefficient (Wildman–Crippen LogP) is 0.457. The minimum atomic E-state index is -1.02. The molecule has 2 aliphatic rings. The van der Waals surface area contributed by atoms with E-state index >= 15 is 0 Å². The maximum atomic E-state index is 13.9. The largest absolute Gasteiger partial charge is 0.381 e. The van der Waals surface area contributed by atoms with Gasteiger partial charge in [-0.1, -0.05) is 0 Å². The summed E-state index contributed by atoms with van der Waals surface area (Å²) in [5.74, 6) is 0. The van der Waals surface area contributed by atoms with Gasteiger partial charge in [-0.15, -0.1) is 0 Å². The van der Waals surface area contributed by atoms with Crippen LogP contribution in [0.3, 0.4) is 0 Å². The highest BCUT2D eigenvalue weighted by molar-refractivity contribution is 4.91. The van der Waals surface area contributed by atoms with Gasteiger partial charge in [0, 0.05) is 32.3 Å². The molecule has 0 aromatic carbocycles. The van der Waals surface area contributed by atoms with E-state index in [1.54, 1.807) is 0 Å². The van der Waals surface area contributed by atoms with Crippen LogP contribution in [0.4, 0.5) is 4.39 Å². The minimum absolute atomic E-state index is 0.456. The monoisotopic (exact) mass is 202 g/mol. The van der Waals surface area contributed by atoms with E-state index in [9.17, 15) is 4.39 Å². The van der Waals surface area contributed by atoms with Gasteiger partial charge in [0.2, 0.25) is 0 Å². The number of hydrogen-bond acceptors (Lipinski definition) is 3. The summed E-state index contributed by atoms with van der Waals surface area (Å²) >= 11 is 0. The minimum Gasteiger partial charge on any atom is -0.381 e. The molecule has 1 atom stereocenters. The summed E-state index contributed by atoms with van der Waals surface area (Å²) < 4.78 is 19.2. The number of alkyl halides is 1. The Morgan fingerprint density at radius 2 is 2.21 bits per heavy atom. The van der Waals surface area contributed by atoms with Crippen molar-refractivity contribution in [3.05, 3.63) is 0 Å². The molecule has 0 radical (unpaired) electrons. The molecule has 2 N–H and O–H groups in total. The highest BCUT2D eigenvalue weighted by atomic mass is 19.1. The number of nitrogens with one attached hydrogen (secondary N) is 2. The lowest BCUT2D eigenvalue weighted by Gasteiger charge is -2.27. The van der Waals surface area contributed by atoms with Crippen molar-refractivity contribution < 1.29 is 9.13 Å². The molecule has 0 spiro atoms. The molecule has 14 heavy (non-hydrogen) atoms. The number of ether oxygens (including phenoxy) is 1. The second kappa shape index (κ2) is 4.55. The fourth-order valence-electron chi connectivity index (χ4n) is 2.09. The summed E-state index contributed by atoms with van der Waals surface area (Å²) in [5.41, 5.74) is -1.02. The van der Waals surface area contributed by atoms with Crippen LogP contribution in [-0.4, -0.2) is 44.6 Å². The van der Waals surface area contributed by atoms with Crippen molar-refractivity contribution in [1.82, 2.24) is 10.6 Å². The highest BCUT2D eigenvalue weighted by Gasteiger charge is 2.33. The summed E-state index contributed by atoms with van der Waals surface area (Å²) in [5, 5.41) is 6.37. The van der Waals surface area contributed by atoms with Crippen molar-refractivity contribution in [2.75, 3.05) is 32.8 Å². The van der Waals surface area contributed by atoms with Gasteiger partial charge in [0.25, 0.3) is 0 Å². The lowest BCUT2D eigenvalue weighted by atomic mass is 10.0. The maximum Gasteiger partial charge on any atom is 0.136 e. The van der Waals surface area contributed by atoms with E-state index in [1.807, 2.05) is 0 Å². The summed E-state index contributed by atoms with van der Waals surface area (Å²) in [6.45, 7) is 3.43. The average Bonchev–Trinajstić information content (AvgIpc) is 2.65. The Hall–Kier alpha value is -0.190. The van der Waals surface area contributed by atoms with Crippen LogP contribution in [0.1, 0.15) is 19.3 Å². The topological polar surface area (TPSA) is 33.3 Å². The van der Waals surface area contributed by atoms with Crippen LogP contribution in [0.2, 0.25) is 0 Å². The van der Waals surface area contributed by atoms with Gasteiger partial charge in [-0.2, -0.15) is 0 Å². The molecule has 0 aliphatic carbocycles. The third-order valence-corrected chi connectivity index (χ3v) is 3.12. The van der Waals surface area contributed by atoms with E-state index in [1.165, 1.54) is 0 Å². The first-order valence-corrected chi connectivity index (χ1v) is 5.49. The zero-order chi connectivity index (χ0) is 9.86. The summed E-state index contributed by atoms with van der Waals surface area (Å²) in [6.07, 6.45) is 2.68. The Labute approximate surface area is 84.4 Å². The Morgan fingerprint density at radius 3 is 2.86 bits per heavy atom. The fourth-order valence-corrected chi connectivity index (χ4v) is 2.09. The molecule has 0 bridgehead atoms. The average molecular weight is 202 g/mol. The quantitative estimate of drug-likeness (QED) is 0.697. The van der Waals surface area contributed by atoms with E-state index in [0.29, 0.717) is 25.6 Å². The second-order valence-corrected chi connectivity index (χ2v) is 4.35. The molecule has 0 amide bonds. The smallest absolute Gasteiger partial charge is 0.136 e. The summed E-state index contributed by atoms with van der Waals surface area (Å²) in [4.78, 5) is 0. The van der Waals surface area contributed by atoms with Crippen molar-refractivity contribution in [3.8, 4) is 0 Å². The van der Waals surface area contributed by atoms with Crippen molar-refractivity contribution in [3.63, 3.8) is 0 Å². The molecule has 2 heterocycles. The van der Waals surface area contributed by atoms with Crippen LogP contribution in [0.15, 0.2) is 0 Å². The van der Waals surface area contributed by atoms with Crippen LogP contribution in [0.5, 0.6) is 0 Å². The van der Waals surface area contributed by atoms with E-state index < -0.39 is 5.67 Å². The Bertz CT molecular complexity index is 177. The molecule has 2 rings (SSSR count). The fraction of sp³-hybridized carbons (Fsp3) is 1.00. The molecule has 3 nitrogen and oxygen atoms in total. The van der Waals surface area contributed by atoms with Crippen molar-refractivity contribution in [2.24, 2.45) is 0 Å². The van der Waals surface area contributed by atoms with Crippen LogP contribution in [0, 0.1) is 0 Å². The van der Waals surface area contributed by atoms with Gasteiger partial charge >= 0.3 is 0 Å². The molecule has 0 aromatic rings. The van der Waals surface area contributed by atoms with Gasteiger partial charge in [-0.05, 0) is 25.8 Å². The normalized spacial score (nSPS) is 34.9.